The first-order valence-corrected chi connectivity index (χ1v) is 7.91. The number of benzene rings is 1. The van der Waals surface area contributed by atoms with Crippen molar-refractivity contribution in [2.24, 2.45) is 0 Å². The summed E-state index contributed by atoms with van der Waals surface area (Å²) in [5.74, 6) is -0.384. The molecule has 2 amide bonds. The van der Waals surface area contributed by atoms with E-state index >= 15 is 0 Å². The lowest BCUT2D eigenvalue weighted by atomic mass is 10.2. The van der Waals surface area contributed by atoms with Gasteiger partial charge in [-0.3, -0.25) is 0 Å². The summed E-state index contributed by atoms with van der Waals surface area (Å²) >= 11 is 0. The number of anilines is 2. The van der Waals surface area contributed by atoms with Crippen LogP contribution in [-0.2, 0) is 0 Å². The highest BCUT2D eigenvalue weighted by atomic mass is 19.1. The Kier molecular flexibility index (Phi) is 6.81. The van der Waals surface area contributed by atoms with Gasteiger partial charge in [-0.1, -0.05) is 0 Å². The Labute approximate surface area is 138 Å². The highest BCUT2D eigenvalue weighted by Gasteiger charge is 2.19. The number of carbonyl (C=O) groups excluding carboxylic acids is 1. The summed E-state index contributed by atoms with van der Waals surface area (Å²) in [6.45, 7) is 9.53. The van der Waals surface area contributed by atoms with Gasteiger partial charge in [0.25, 0.3) is 0 Å². The molecule has 6 heteroatoms. The van der Waals surface area contributed by atoms with E-state index in [2.05, 4.69) is 5.32 Å². The fourth-order valence-corrected chi connectivity index (χ4v) is 2.16. The van der Waals surface area contributed by atoms with Gasteiger partial charge in [-0.2, -0.15) is 0 Å². The molecule has 0 spiro atoms. The standard InChI is InChI=1S/C17H28FN3O2/c1-11(2)20(6)16-8-7-14(9-15(16)18)19-17(23)21(12(3)4)10-13(5)22/h7-9,11-13,22H,10H2,1-6H3,(H,19,23). The van der Waals surface area contributed by atoms with Gasteiger partial charge < -0.3 is 20.2 Å². The van der Waals surface area contributed by atoms with Gasteiger partial charge in [0.15, 0.2) is 0 Å². The van der Waals surface area contributed by atoms with Crippen LogP contribution in [0.5, 0.6) is 0 Å². The summed E-state index contributed by atoms with van der Waals surface area (Å²) < 4.78 is 14.2. The molecule has 130 valence electrons. The van der Waals surface area contributed by atoms with Gasteiger partial charge >= 0.3 is 6.03 Å². The number of aliphatic hydroxyl groups excluding tert-OH is 1. The molecule has 0 heterocycles. The fraction of sp³-hybridized carbons (Fsp3) is 0.588. The van der Waals surface area contributed by atoms with Crippen LogP contribution in [0.25, 0.3) is 0 Å². The van der Waals surface area contributed by atoms with E-state index in [0.717, 1.165) is 0 Å². The lowest BCUT2D eigenvalue weighted by Gasteiger charge is -2.28. The van der Waals surface area contributed by atoms with Gasteiger partial charge in [-0.25, -0.2) is 9.18 Å². The Hall–Kier alpha value is -1.82. The summed E-state index contributed by atoms with van der Waals surface area (Å²) in [6, 6.07) is 4.39. The van der Waals surface area contributed by atoms with Crippen molar-refractivity contribution in [1.29, 1.82) is 0 Å². The smallest absolute Gasteiger partial charge is 0.322 e. The average Bonchev–Trinajstić information content (AvgIpc) is 2.43. The Morgan fingerprint density at radius 3 is 2.26 bits per heavy atom. The number of amides is 2. The van der Waals surface area contributed by atoms with E-state index in [9.17, 15) is 14.3 Å². The molecule has 0 saturated carbocycles. The van der Waals surface area contributed by atoms with Crippen molar-refractivity contribution in [3.8, 4) is 0 Å². The van der Waals surface area contributed by atoms with E-state index in [1.165, 1.54) is 11.0 Å². The molecule has 1 rings (SSSR count). The quantitative estimate of drug-likeness (QED) is 0.844. The van der Waals surface area contributed by atoms with E-state index < -0.39 is 6.10 Å². The molecule has 0 bridgehead atoms. The monoisotopic (exact) mass is 325 g/mol. The third-order valence-corrected chi connectivity index (χ3v) is 3.70. The molecule has 1 aromatic carbocycles. The zero-order chi connectivity index (χ0) is 17.7. The summed E-state index contributed by atoms with van der Waals surface area (Å²) in [6.07, 6.45) is -0.623. The molecular weight excluding hydrogens is 297 g/mol. The van der Waals surface area contributed by atoms with E-state index in [1.54, 1.807) is 19.1 Å². The van der Waals surface area contributed by atoms with Crippen molar-refractivity contribution in [1.82, 2.24) is 4.90 Å². The molecular formula is C17H28FN3O2. The van der Waals surface area contributed by atoms with E-state index in [1.807, 2.05) is 39.6 Å². The number of hydrogen-bond acceptors (Lipinski definition) is 3. The number of urea groups is 1. The number of rotatable bonds is 6. The van der Waals surface area contributed by atoms with Crippen molar-refractivity contribution in [3.05, 3.63) is 24.0 Å². The predicted octanol–water partition coefficient (Wildman–Crippen LogP) is 3.29. The van der Waals surface area contributed by atoms with Gasteiger partial charge in [0.05, 0.1) is 11.8 Å². The molecule has 23 heavy (non-hydrogen) atoms. The van der Waals surface area contributed by atoms with E-state index in [-0.39, 0.29) is 30.5 Å². The second-order valence-corrected chi connectivity index (χ2v) is 6.40. The SMILES string of the molecule is CC(O)CN(C(=O)Nc1ccc(N(C)C(C)C)c(F)c1)C(C)C. The summed E-state index contributed by atoms with van der Waals surface area (Å²) in [4.78, 5) is 15.6. The number of nitrogens with zero attached hydrogens (tertiary/aromatic N) is 2. The molecule has 0 aromatic heterocycles. The first kappa shape index (κ1) is 19.2. The van der Waals surface area contributed by atoms with Crippen molar-refractivity contribution in [2.75, 3.05) is 23.8 Å². The van der Waals surface area contributed by atoms with Crippen LogP contribution in [0.2, 0.25) is 0 Å². The highest BCUT2D eigenvalue weighted by molar-refractivity contribution is 5.89. The molecule has 1 aromatic rings. The minimum atomic E-state index is -0.623. The number of aliphatic hydroxyl groups is 1. The van der Waals surface area contributed by atoms with Crippen LogP contribution in [0.15, 0.2) is 18.2 Å². The second kappa shape index (κ2) is 8.15. The van der Waals surface area contributed by atoms with Crippen LogP contribution < -0.4 is 10.2 Å². The molecule has 1 atom stereocenters. The maximum Gasteiger partial charge on any atom is 0.322 e. The molecule has 0 aliphatic rings. The van der Waals surface area contributed by atoms with Gasteiger partial charge in [-0.15, -0.1) is 0 Å². The van der Waals surface area contributed by atoms with Crippen LogP contribution in [0.1, 0.15) is 34.6 Å². The maximum absolute atomic E-state index is 14.2. The Bertz CT molecular complexity index is 533. The Morgan fingerprint density at radius 1 is 1.22 bits per heavy atom. The van der Waals surface area contributed by atoms with Crippen molar-refractivity contribution < 1.29 is 14.3 Å². The minimum Gasteiger partial charge on any atom is -0.392 e. The van der Waals surface area contributed by atoms with Crippen LogP contribution >= 0.6 is 0 Å². The van der Waals surface area contributed by atoms with Crippen LogP contribution in [0.3, 0.4) is 0 Å². The number of carbonyl (C=O) groups is 1. The lowest BCUT2D eigenvalue weighted by molar-refractivity contribution is 0.125. The van der Waals surface area contributed by atoms with Gasteiger partial charge in [0.1, 0.15) is 5.82 Å². The van der Waals surface area contributed by atoms with Gasteiger partial charge in [0, 0.05) is 31.4 Å². The van der Waals surface area contributed by atoms with Gasteiger partial charge in [0.2, 0.25) is 0 Å². The molecule has 0 radical (unpaired) electrons. The largest absolute Gasteiger partial charge is 0.392 e. The number of nitrogens with one attached hydrogen (secondary N) is 1. The third kappa shape index (κ3) is 5.39. The molecule has 0 aliphatic heterocycles. The maximum atomic E-state index is 14.2. The number of hydrogen-bond donors (Lipinski definition) is 2. The van der Waals surface area contributed by atoms with Crippen LogP contribution in [-0.4, -0.2) is 47.8 Å². The topological polar surface area (TPSA) is 55.8 Å². The lowest BCUT2D eigenvalue weighted by Crippen LogP contribution is -2.43. The third-order valence-electron chi connectivity index (χ3n) is 3.70. The minimum absolute atomic E-state index is 0.0687. The molecule has 2 N–H and O–H groups in total. The van der Waals surface area contributed by atoms with Crippen LogP contribution in [0.4, 0.5) is 20.6 Å². The van der Waals surface area contributed by atoms with Crippen molar-refractivity contribution in [3.63, 3.8) is 0 Å². The fourth-order valence-electron chi connectivity index (χ4n) is 2.16. The molecule has 1 unspecified atom stereocenters. The molecule has 5 nitrogen and oxygen atoms in total. The van der Waals surface area contributed by atoms with Crippen molar-refractivity contribution >= 4 is 17.4 Å². The normalized spacial score (nSPS) is 12.4. The van der Waals surface area contributed by atoms with E-state index in [4.69, 9.17) is 0 Å². The Balaban J connectivity index is 2.88. The number of halogens is 1. The highest BCUT2D eigenvalue weighted by Crippen LogP contribution is 2.23. The molecule has 0 saturated heterocycles. The van der Waals surface area contributed by atoms with Crippen molar-refractivity contribution in [2.45, 2.75) is 52.8 Å². The zero-order valence-electron chi connectivity index (χ0n) is 14.8. The first-order chi connectivity index (χ1) is 10.6. The summed E-state index contributed by atoms with van der Waals surface area (Å²) in [7, 11) is 1.82. The average molecular weight is 325 g/mol. The van der Waals surface area contributed by atoms with E-state index in [0.29, 0.717) is 11.4 Å². The molecule has 0 fully saturated rings. The first-order valence-electron chi connectivity index (χ1n) is 7.91. The van der Waals surface area contributed by atoms with Crippen LogP contribution in [0, 0.1) is 5.82 Å². The summed E-state index contributed by atoms with van der Waals surface area (Å²) in [5.41, 5.74) is 0.882. The molecule has 0 aliphatic carbocycles. The summed E-state index contributed by atoms with van der Waals surface area (Å²) in [5, 5.41) is 12.2. The Morgan fingerprint density at radius 2 is 1.83 bits per heavy atom. The zero-order valence-corrected chi connectivity index (χ0v) is 14.8. The predicted molar refractivity (Wildman–Crippen MR) is 92.5 cm³/mol. The second-order valence-electron chi connectivity index (χ2n) is 6.40. The van der Waals surface area contributed by atoms with Gasteiger partial charge in [-0.05, 0) is 52.8 Å².